The molecule has 0 unspecified atom stereocenters. The van der Waals surface area contributed by atoms with Crippen LogP contribution in [0.25, 0.3) is 0 Å². The monoisotopic (exact) mass is 351 g/mol. The third-order valence-corrected chi connectivity index (χ3v) is 3.74. The van der Waals surface area contributed by atoms with E-state index in [1.54, 1.807) is 0 Å². The van der Waals surface area contributed by atoms with Crippen LogP contribution >= 0.6 is 0 Å². The van der Waals surface area contributed by atoms with Crippen LogP contribution in [-0.4, -0.2) is 81.2 Å². The molecule has 0 aromatic carbocycles. The number of nitrogens with zero attached hydrogens (tertiary/aromatic N) is 1. The minimum Gasteiger partial charge on any atom is -0.412 e. The van der Waals surface area contributed by atoms with Gasteiger partial charge in [-0.15, -0.1) is 0 Å². The van der Waals surface area contributed by atoms with Crippen LogP contribution in [0.3, 0.4) is 0 Å². The Morgan fingerprint density at radius 2 is 1.38 bits per heavy atom. The summed E-state index contributed by atoms with van der Waals surface area (Å²) in [6.45, 7) is 8.23. The molecule has 0 bridgehead atoms. The molecule has 21 heavy (non-hydrogen) atoms. The molecule has 2 heterocycles. The third-order valence-electron chi connectivity index (χ3n) is 3.74. The first-order valence-electron chi connectivity index (χ1n) is 7.52. The molecule has 0 radical (unpaired) electrons. The maximum absolute atomic E-state index is 12.4. The summed E-state index contributed by atoms with van der Waals surface area (Å²) in [7, 11) is 0. The first kappa shape index (κ1) is 20.9. The number of carbonyl (C=O) groups is 1. The van der Waals surface area contributed by atoms with E-state index < -0.39 is 0 Å². The smallest absolute Gasteiger partial charge is 0.412 e. The predicted octanol–water partition coefficient (Wildman–Crippen LogP) is -2.48. The number of nitrogens with one attached hydrogen (secondary N) is 4. The number of hydrogen-bond acceptors (Lipinski definition) is 5. The fraction of sp³-hybridized carbons (Fsp3) is 0.923. The Kier molecular flexibility index (Phi) is 12.4. The Hall–Kier alpha value is -0.107. The van der Waals surface area contributed by atoms with Crippen LogP contribution in [0.2, 0.25) is 0 Å². The van der Waals surface area contributed by atoms with Crippen molar-refractivity contribution >= 4 is 5.91 Å². The summed E-state index contributed by atoms with van der Waals surface area (Å²) in [5.41, 5.74) is 0. The molecule has 1 amide bonds. The Morgan fingerprint density at radius 3 is 1.86 bits per heavy atom. The van der Waals surface area contributed by atoms with E-state index in [1.807, 2.05) is 4.90 Å². The van der Waals surface area contributed by atoms with E-state index >= 15 is 0 Å². The minimum atomic E-state index is 0. The summed E-state index contributed by atoms with van der Waals surface area (Å²) >= 11 is 0. The van der Waals surface area contributed by atoms with Gasteiger partial charge in [-0.05, 0) is 19.4 Å². The van der Waals surface area contributed by atoms with Crippen LogP contribution in [0, 0.1) is 0 Å². The summed E-state index contributed by atoms with van der Waals surface area (Å²) in [4.78, 5) is 14.4. The number of rotatable bonds is 1. The van der Waals surface area contributed by atoms with E-state index in [1.165, 1.54) is 0 Å². The first-order chi connectivity index (χ1) is 9.38. The van der Waals surface area contributed by atoms with Crippen LogP contribution in [-0.2, 0) is 24.3 Å². The quantitative estimate of drug-likeness (QED) is 0.392. The molecule has 0 aliphatic carbocycles. The summed E-state index contributed by atoms with van der Waals surface area (Å²) < 4.78 is 0. The van der Waals surface area contributed by atoms with Crippen LogP contribution in [0.1, 0.15) is 12.8 Å². The van der Waals surface area contributed by atoms with Gasteiger partial charge in [0.05, 0.1) is 6.04 Å². The Balaban J connectivity index is 0.00000200. The first-order valence-corrected chi connectivity index (χ1v) is 7.52. The molecule has 2 aliphatic rings. The Morgan fingerprint density at radius 1 is 0.857 bits per heavy atom. The SMILES string of the molecule is O.O=C([C@@H]1CCCN1)N1CCNCCNCCNCC1.[Zn+2]. The van der Waals surface area contributed by atoms with Gasteiger partial charge in [0.1, 0.15) is 0 Å². The second kappa shape index (κ2) is 12.4. The zero-order chi connectivity index (χ0) is 13.3. The Labute approximate surface area is 140 Å². The zero-order valence-electron chi connectivity index (χ0n) is 12.9. The van der Waals surface area contributed by atoms with Crippen LogP contribution in [0.4, 0.5) is 0 Å². The van der Waals surface area contributed by atoms with Crippen molar-refractivity contribution in [3.63, 3.8) is 0 Å². The van der Waals surface area contributed by atoms with Gasteiger partial charge in [-0.25, -0.2) is 0 Å². The molecule has 0 spiro atoms. The fourth-order valence-corrected chi connectivity index (χ4v) is 2.60. The van der Waals surface area contributed by atoms with E-state index in [2.05, 4.69) is 21.3 Å². The van der Waals surface area contributed by atoms with Crippen LogP contribution in [0.5, 0.6) is 0 Å². The van der Waals surface area contributed by atoms with Gasteiger partial charge in [-0.1, -0.05) is 0 Å². The van der Waals surface area contributed by atoms with Gasteiger partial charge in [0, 0.05) is 52.4 Å². The van der Waals surface area contributed by atoms with E-state index in [0.29, 0.717) is 0 Å². The molecule has 2 rings (SSSR count). The largest absolute Gasteiger partial charge is 2.00 e. The number of hydrogen-bond donors (Lipinski definition) is 4. The number of amides is 1. The molecular weight excluding hydrogens is 324 g/mol. The zero-order valence-corrected chi connectivity index (χ0v) is 15.9. The molecule has 1 atom stereocenters. The van der Waals surface area contributed by atoms with Crippen molar-refractivity contribution in [2.24, 2.45) is 0 Å². The van der Waals surface area contributed by atoms with E-state index in [9.17, 15) is 4.79 Å². The standard InChI is InChI=1S/C13H27N5O.H2O.Zn/c19-13(12-2-1-3-17-12)18-10-8-15-6-4-14-5-7-16-9-11-18;;/h12,14-17H,1-11H2;1H2;/q;;+2/t12-;;/m0../s1. The average Bonchev–Trinajstić information content (AvgIpc) is 2.92. The van der Waals surface area contributed by atoms with Crippen molar-refractivity contribution in [1.29, 1.82) is 0 Å². The maximum Gasteiger partial charge on any atom is 2.00 e. The topological polar surface area (TPSA) is 99.9 Å². The van der Waals surface area contributed by atoms with Gasteiger partial charge >= 0.3 is 19.5 Å². The molecule has 0 aromatic heterocycles. The van der Waals surface area contributed by atoms with Gasteiger partial charge in [0.25, 0.3) is 0 Å². The fourth-order valence-electron chi connectivity index (χ4n) is 2.60. The normalized spacial score (nSPS) is 25.0. The van der Waals surface area contributed by atoms with Crippen molar-refractivity contribution in [3.05, 3.63) is 0 Å². The van der Waals surface area contributed by atoms with Crippen molar-refractivity contribution in [1.82, 2.24) is 26.2 Å². The molecular formula is C13H29N5O2Zn+2. The predicted molar refractivity (Wildman–Crippen MR) is 79.8 cm³/mol. The van der Waals surface area contributed by atoms with Crippen LogP contribution in [0.15, 0.2) is 0 Å². The average molecular weight is 353 g/mol. The molecule has 7 nitrogen and oxygen atoms in total. The molecule has 0 aromatic rings. The third kappa shape index (κ3) is 7.63. The van der Waals surface area contributed by atoms with Gasteiger partial charge in [0.15, 0.2) is 0 Å². The second-order valence-electron chi connectivity index (χ2n) is 5.22. The van der Waals surface area contributed by atoms with E-state index in [-0.39, 0.29) is 36.9 Å². The van der Waals surface area contributed by atoms with E-state index in [4.69, 9.17) is 0 Å². The van der Waals surface area contributed by atoms with Crippen molar-refractivity contribution in [2.45, 2.75) is 18.9 Å². The summed E-state index contributed by atoms with van der Waals surface area (Å²) in [6, 6.07) is 0.0505. The molecule has 118 valence electrons. The molecule has 8 heteroatoms. The van der Waals surface area contributed by atoms with Gasteiger partial charge in [0.2, 0.25) is 5.91 Å². The van der Waals surface area contributed by atoms with Crippen molar-refractivity contribution in [2.75, 3.05) is 58.9 Å². The van der Waals surface area contributed by atoms with Crippen LogP contribution < -0.4 is 21.3 Å². The summed E-state index contributed by atoms with van der Waals surface area (Å²) in [5.74, 6) is 0.274. The van der Waals surface area contributed by atoms with E-state index in [0.717, 1.165) is 71.7 Å². The molecule has 2 aliphatic heterocycles. The van der Waals surface area contributed by atoms with Gasteiger partial charge in [-0.2, -0.15) is 0 Å². The van der Waals surface area contributed by atoms with Gasteiger partial charge < -0.3 is 31.6 Å². The molecule has 0 saturated carbocycles. The minimum absolute atomic E-state index is 0. The Bertz CT molecular complexity index is 265. The molecule has 2 saturated heterocycles. The molecule has 6 N–H and O–H groups in total. The maximum atomic E-state index is 12.4. The number of carbonyl (C=O) groups excluding carboxylic acids is 1. The van der Waals surface area contributed by atoms with Crippen molar-refractivity contribution < 1.29 is 29.7 Å². The van der Waals surface area contributed by atoms with Crippen molar-refractivity contribution in [3.8, 4) is 0 Å². The molecule has 2 fully saturated rings. The summed E-state index contributed by atoms with van der Waals surface area (Å²) in [5, 5.41) is 13.4. The van der Waals surface area contributed by atoms with Gasteiger partial charge in [-0.3, -0.25) is 4.79 Å². The summed E-state index contributed by atoms with van der Waals surface area (Å²) in [6.07, 6.45) is 2.10. The second-order valence-corrected chi connectivity index (χ2v) is 5.22.